The summed E-state index contributed by atoms with van der Waals surface area (Å²) in [6.45, 7) is 7.45. The highest BCUT2D eigenvalue weighted by atomic mass is 32.1. The normalized spacial score (nSPS) is 17.1. The summed E-state index contributed by atoms with van der Waals surface area (Å²) in [6, 6.07) is 2.38. The standard InChI is InChI=1S/C20H27N7S/c1-3-26-19(17-12-15-8-6-4-5-7-9-16(15)28-17)22-23-20(26)25-10-11-27-18(13-25)21-14(2)24-27/h12H,3-11,13H2,1-2H3. The maximum Gasteiger partial charge on any atom is 0.228 e. The van der Waals surface area contributed by atoms with Crippen LogP contribution in [0.15, 0.2) is 6.07 Å². The fraction of sp³-hybridized carbons (Fsp3) is 0.600. The van der Waals surface area contributed by atoms with Crippen molar-refractivity contribution >= 4 is 17.3 Å². The van der Waals surface area contributed by atoms with Crippen LogP contribution in [0.4, 0.5) is 5.95 Å². The van der Waals surface area contributed by atoms with Gasteiger partial charge in [-0.05, 0) is 51.2 Å². The molecule has 0 bridgehead atoms. The van der Waals surface area contributed by atoms with Gasteiger partial charge in [-0.1, -0.05) is 12.8 Å². The third kappa shape index (κ3) is 3.13. The van der Waals surface area contributed by atoms with Gasteiger partial charge in [-0.15, -0.1) is 21.5 Å². The molecule has 7 nitrogen and oxygen atoms in total. The first-order chi connectivity index (χ1) is 13.7. The van der Waals surface area contributed by atoms with Crippen molar-refractivity contribution in [2.45, 2.75) is 72.0 Å². The monoisotopic (exact) mass is 397 g/mol. The molecule has 3 aromatic rings. The van der Waals surface area contributed by atoms with Crippen molar-refractivity contribution in [2.75, 3.05) is 11.4 Å². The van der Waals surface area contributed by atoms with Crippen molar-refractivity contribution < 1.29 is 0 Å². The van der Waals surface area contributed by atoms with Crippen molar-refractivity contribution in [3.63, 3.8) is 0 Å². The molecule has 148 valence electrons. The van der Waals surface area contributed by atoms with Crippen LogP contribution in [0.1, 0.15) is 54.7 Å². The molecular formula is C20H27N7S. The molecule has 0 saturated heterocycles. The van der Waals surface area contributed by atoms with Gasteiger partial charge < -0.3 is 4.90 Å². The highest BCUT2D eigenvalue weighted by molar-refractivity contribution is 7.15. The molecule has 0 radical (unpaired) electrons. The molecule has 0 atom stereocenters. The molecule has 1 aliphatic carbocycles. The predicted molar refractivity (Wildman–Crippen MR) is 111 cm³/mol. The first kappa shape index (κ1) is 17.8. The Bertz CT molecular complexity index is 958. The summed E-state index contributed by atoms with van der Waals surface area (Å²) in [6.07, 6.45) is 7.77. The summed E-state index contributed by atoms with van der Waals surface area (Å²) >= 11 is 1.92. The lowest BCUT2D eigenvalue weighted by atomic mass is 10.00. The fourth-order valence-corrected chi connectivity index (χ4v) is 5.64. The van der Waals surface area contributed by atoms with E-state index in [0.29, 0.717) is 0 Å². The van der Waals surface area contributed by atoms with E-state index in [1.165, 1.54) is 49.0 Å². The van der Waals surface area contributed by atoms with Crippen LogP contribution in [0, 0.1) is 6.92 Å². The van der Waals surface area contributed by atoms with Gasteiger partial charge in [0, 0.05) is 18.0 Å². The molecule has 8 heteroatoms. The zero-order valence-corrected chi connectivity index (χ0v) is 17.5. The number of aromatic nitrogens is 6. The van der Waals surface area contributed by atoms with Gasteiger partial charge in [0.1, 0.15) is 11.6 Å². The second-order valence-corrected chi connectivity index (χ2v) is 8.90. The van der Waals surface area contributed by atoms with Crippen molar-refractivity contribution in [1.29, 1.82) is 0 Å². The summed E-state index contributed by atoms with van der Waals surface area (Å²) in [5.74, 6) is 3.81. The van der Waals surface area contributed by atoms with Crippen molar-refractivity contribution in [3.8, 4) is 10.7 Å². The van der Waals surface area contributed by atoms with E-state index in [1.807, 2.05) is 22.9 Å². The summed E-state index contributed by atoms with van der Waals surface area (Å²) in [4.78, 5) is 9.67. The Labute approximate surface area is 169 Å². The van der Waals surface area contributed by atoms with Crippen LogP contribution in [0.5, 0.6) is 0 Å². The first-order valence-electron chi connectivity index (χ1n) is 10.4. The van der Waals surface area contributed by atoms with E-state index in [-0.39, 0.29) is 0 Å². The molecule has 28 heavy (non-hydrogen) atoms. The smallest absolute Gasteiger partial charge is 0.228 e. The number of nitrogens with zero attached hydrogens (tertiary/aromatic N) is 7. The number of thiophene rings is 1. The van der Waals surface area contributed by atoms with Crippen molar-refractivity contribution in [3.05, 3.63) is 28.2 Å². The van der Waals surface area contributed by atoms with E-state index in [2.05, 4.69) is 42.7 Å². The van der Waals surface area contributed by atoms with Crippen LogP contribution in [-0.4, -0.2) is 36.1 Å². The third-order valence-corrected chi connectivity index (χ3v) is 7.05. The lowest BCUT2D eigenvalue weighted by Crippen LogP contribution is -2.36. The Morgan fingerprint density at radius 2 is 1.93 bits per heavy atom. The summed E-state index contributed by atoms with van der Waals surface area (Å²) in [7, 11) is 0. The van der Waals surface area contributed by atoms with E-state index >= 15 is 0 Å². The number of hydrogen-bond acceptors (Lipinski definition) is 6. The Kier molecular flexibility index (Phi) is 4.66. The molecule has 3 aromatic heterocycles. The Balaban J connectivity index is 1.46. The molecule has 1 aliphatic heterocycles. The second kappa shape index (κ2) is 7.31. The first-order valence-corrected chi connectivity index (χ1v) is 11.2. The molecule has 0 aromatic carbocycles. The summed E-state index contributed by atoms with van der Waals surface area (Å²) in [5.41, 5.74) is 1.54. The Morgan fingerprint density at radius 3 is 2.79 bits per heavy atom. The minimum atomic E-state index is 0.736. The molecule has 0 N–H and O–H groups in total. The van der Waals surface area contributed by atoms with E-state index in [0.717, 1.165) is 49.6 Å². The number of anilines is 1. The highest BCUT2D eigenvalue weighted by Gasteiger charge is 2.25. The third-order valence-electron chi connectivity index (χ3n) is 5.82. The molecule has 4 heterocycles. The van der Waals surface area contributed by atoms with Crippen LogP contribution in [-0.2, 0) is 32.5 Å². The van der Waals surface area contributed by atoms with Gasteiger partial charge in [0.2, 0.25) is 5.95 Å². The van der Waals surface area contributed by atoms with Gasteiger partial charge in [0.15, 0.2) is 5.82 Å². The highest BCUT2D eigenvalue weighted by Crippen LogP contribution is 2.35. The van der Waals surface area contributed by atoms with Crippen LogP contribution in [0.2, 0.25) is 0 Å². The Hall–Kier alpha value is -2.22. The quantitative estimate of drug-likeness (QED) is 0.676. The minimum Gasteiger partial charge on any atom is -0.332 e. The molecule has 0 unspecified atom stereocenters. The van der Waals surface area contributed by atoms with Crippen LogP contribution in [0.3, 0.4) is 0 Å². The molecule has 0 fully saturated rings. The fourth-order valence-electron chi connectivity index (χ4n) is 4.39. The average Bonchev–Trinajstić information content (AvgIpc) is 3.36. The maximum absolute atomic E-state index is 4.62. The average molecular weight is 398 g/mol. The van der Waals surface area contributed by atoms with E-state index in [9.17, 15) is 0 Å². The lowest BCUT2D eigenvalue weighted by molar-refractivity contribution is 0.500. The maximum atomic E-state index is 4.62. The topological polar surface area (TPSA) is 64.7 Å². The number of fused-ring (bicyclic) bond motifs is 2. The van der Waals surface area contributed by atoms with Crippen LogP contribution in [0.25, 0.3) is 10.7 Å². The van der Waals surface area contributed by atoms with E-state index in [4.69, 9.17) is 0 Å². The Morgan fingerprint density at radius 1 is 1.07 bits per heavy atom. The summed E-state index contributed by atoms with van der Waals surface area (Å²) < 4.78 is 4.27. The molecule has 0 saturated carbocycles. The number of rotatable bonds is 3. The van der Waals surface area contributed by atoms with Gasteiger partial charge in [0.25, 0.3) is 0 Å². The zero-order valence-electron chi connectivity index (χ0n) is 16.7. The largest absolute Gasteiger partial charge is 0.332 e. The molecule has 2 aliphatic rings. The molecule has 5 rings (SSSR count). The van der Waals surface area contributed by atoms with Crippen LogP contribution >= 0.6 is 11.3 Å². The zero-order chi connectivity index (χ0) is 19.1. The van der Waals surface area contributed by atoms with Gasteiger partial charge in [0.05, 0.1) is 18.0 Å². The summed E-state index contributed by atoms with van der Waals surface area (Å²) in [5, 5.41) is 13.7. The molecular weight excluding hydrogens is 370 g/mol. The molecule has 0 spiro atoms. The predicted octanol–water partition coefficient (Wildman–Crippen LogP) is 3.61. The van der Waals surface area contributed by atoms with E-state index in [1.54, 1.807) is 4.88 Å². The minimum absolute atomic E-state index is 0.736. The number of hydrogen-bond donors (Lipinski definition) is 0. The molecule has 0 amide bonds. The second-order valence-electron chi connectivity index (χ2n) is 7.76. The van der Waals surface area contributed by atoms with Gasteiger partial charge in [-0.25, -0.2) is 9.67 Å². The lowest BCUT2D eigenvalue weighted by Gasteiger charge is -2.27. The van der Waals surface area contributed by atoms with Crippen molar-refractivity contribution in [2.24, 2.45) is 0 Å². The SMILES string of the molecule is CCn1c(-c2cc3c(s2)CCCCCC3)nnc1N1CCn2nc(C)nc2C1. The van der Waals surface area contributed by atoms with Gasteiger partial charge >= 0.3 is 0 Å². The van der Waals surface area contributed by atoms with Gasteiger partial charge in [-0.2, -0.15) is 5.10 Å². The van der Waals surface area contributed by atoms with Gasteiger partial charge in [-0.3, -0.25) is 4.57 Å². The van der Waals surface area contributed by atoms with Crippen molar-refractivity contribution in [1.82, 2.24) is 29.5 Å². The number of aryl methyl sites for hydroxylation is 3. The van der Waals surface area contributed by atoms with E-state index < -0.39 is 0 Å². The van der Waals surface area contributed by atoms with Crippen LogP contribution < -0.4 is 4.90 Å².